The van der Waals surface area contributed by atoms with Gasteiger partial charge in [-0.25, -0.2) is 4.98 Å². The van der Waals surface area contributed by atoms with E-state index in [2.05, 4.69) is 4.98 Å². The number of hydrogen-bond acceptors (Lipinski definition) is 4. The molecule has 1 heterocycles. The van der Waals surface area contributed by atoms with Gasteiger partial charge in [0.2, 0.25) is 0 Å². The number of para-hydroxylation sites is 1. The number of benzene rings is 2. The average molecular weight is 338 g/mol. The fourth-order valence-electron chi connectivity index (χ4n) is 2.97. The molecule has 0 amide bonds. The summed E-state index contributed by atoms with van der Waals surface area (Å²) in [5.74, 6) is 0.157. The lowest BCUT2D eigenvalue weighted by Gasteiger charge is -2.21. The molecule has 1 N–H and O–H groups in total. The molecule has 0 aliphatic rings. The molecule has 0 radical (unpaired) electrons. The molecular weight excluding hydrogens is 320 g/mol. The van der Waals surface area contributed by atoms with Crippen molar-refractivity contribution >= 4 is 16.9 Å². The summed E-state index contributed by atoms with van der Waals surface area (Å²) in [7, 11) is 1.56. The molecule has 6 nitrogen and oxygen atoms in total. The maximum Gasteiger partial charge on any atom is 0.305 e. The van der Waals surface area contributed by atoms with Crippen LogP contribution < -0.4 is 10.3 Å². The Morgan fingerprint density at radius 2 is 1.88 bits per heavy atom. The highest BCUT2D eigenvalue weighted by Crippen LogP contribution is 2.25. The highest BCUT2D eigenvalue weighted by atomic mass is 16.5. The van der Waals surface area contributed by atoms with Gasteiger partial charge in [-0.1, -0.05) is 24.3 Å². The van der Waals surface area contributed by atoms with Crippen molar-refractivity contribution in [1.29, 1.82) is 0 Å². The van der Waals surface area contributed by atoms with Gasteiger partial charge in [0.05, 0.1) is 30.5 Å². The van der Waals surface area contributed by atoms with Gasteiger partial charge in [-0.05, 0) is 36.8 Å². The molecule has 25 heavy (non-hydrogen) atoms. The van der Waals surface area contributed by atoms with Crippen LogP contribution in [0.3, 0.4) is 0 Å². The van der Waals surface area contributed by atoms with Crippen molar-refractivity contribution in [1.82, 2.24) is 9.55 Å². The molecule has 3 aromatic rings. The normalized spacial score (nSPS) is 12.1. The standard InChI is InChI=1S/C19H18N2O4/c1-12-20-16-6-4-3-5-15(16)19(24)21(12)17(11-18(22)23)13-7-9-14(25-2)10-8-13/h3-10,17H,11H2,1-2H3,(H,22,23). The van der Waals surface area contributed by atoms with Crippen LogP contribution in [0.4, 0.5) is 0 Å². The molecule has 2 aromatic carbocycles. The van der Waals surface area contributed by atoms with Gasteiger partial charge in [-0.2, -0.15) is 0 Å². The topological polar surface area (TPSA) is 81.4 Å². The molecule has 0 aliphatic heterocycles. The van der Waals surface area contributed by atoms with Crippen LogP contribution in [-0.2, 0) is 4.79 Å². The molecule has 0 bridgehead atoms. The van der Waals surface area contributed by atoms with Crippen molar-refractivity contribution in [2.24, 2.45) is 0 Å². The third-order valence-electron chi connectivity index (χ3n) is 4.16. The first kappa shape index (κ1) is 16.7. The van der Waals surface area contributed by atoms with Crippen molar-refractivity contribution in [3.63, 3.8) is 0 Å². The van der Waals surface area contributed by atoms with E-state index < -0.39 is 12.0 Å². The van der Waals surface area contributed by atoms with Crippen LogP contribution in [0.15, 0.2) is 53.3 Å². The molecule has 0 aliphatic carbocycles. The van der Waals surface area contributed by atoms with E-state index >= 15 is 0 Å². The third kappa shape index (κ3) is 3.24. The molecule has 1 unspecified atom stereocenters. The minimum Gasteiger partial charge on any atom is -0.497 e. The smallest absolute Gasteiger partial charge is 0.305 e. The summed E-state index contributed by atoms with van der Waals surface area (Å²) in [6.07, 6.45) is -0.215. The van der Waals surface area contributed by atoms with Gasteiger partial charge in [0.15, 0.2) is 0 Å². The number of hydrogen-bond donors (Lipinski definition) is 1. The molecule has 1 atom stereocenters. The lowest BCUT2D eigenvalue weighted by Crippen LogP contribution is -2.30. The van der Waals surface area contributed by atoms with E-state index in [0.29, 0.717) is 28.0 Å². The van der Waals surface area contributed by atoms with Crippen LogP contribution >= 0.6 is 0 Å². The number of aromatic nitrogens is 2. The number of rotatable bonds is 5. The Morgan fingerprint density at radius 1 is 1.20 bits per heavy atom. The largest absolute Gasteiger partial charge is 0.497 e. The number of carbonyl (C=O) groups is 1. The van der Waals surface area contributed by atoms with Crippen molar-refractivity contribution in [3.8, 4) is 5.75 Å². The van der Waals surface area contributed by atoms with Crippen LogP contribution in [-0.4, -0.2) is 27.7 Å². The number of aryl methyl sites for hydroxylation is 1. The van der Waals surface area contributed by atoms with Crippen molar-refractivity contribution < 1.29 is 14.6 Å². The zero-order valence-corrected chi connectivity index (χ0v) is 14.0. The summed E-state index contributed by atoms with van der Waals surface area (Å²) >= 11 is 0. The zero-order chi connectivity index (χ0) is 18.0. The predicted molar refractivity (Wildman–Crippen MR) is 94.1 cm³/mol. The molecule has 128 valence electrons. The number of aliphatic carboxylic acids is 1. The van der Waals surface area contributed by atoms with Gasteiger partial charge in [-0.3, -0.25) is 14.2 Å². The quantitative estimate of drug-likeness (QED) is 0.773. The number of ether oxygens (including phenoxy) is 1. The van der Waals surface area contributed by atoms with Gasteiger partial charge in [-0.15, -0.1) is 0 Å². The highest BCUT2D eigenvalue weighted by Gasteiger charge is 2.22. The first-order chi connectivity index (χ1) is 12.0. The SMILES string of the molecule is COc1ccc(C(CC(=O)O)n2c(C)nc3ccccc3c2=O)cc1. The molecule has 0 saturated heterocycles. The molecule has 0 fully saturated rings. The first-order valence-electron chi connectivity index (χ1n) is 7.85. The number of nitrogens with zero attached hydrogens (tertiary/aromatic N) is 2. The van der Waals surface area contributed by atoms with E-state index in [1.165, 1.54) is 4.57 Å². The number of carboxylic acid groups (broad SMARTS) is 1. The molecular formula is C19H18N2O4. The minimum atomic E-state index is -0.986. The third-order valence-corrected chi connectivity index (χ3v) is 4.16. The molecule has 3 rings (SSSR count). The summed E-state index contributed by atoms with van der Waals surface area (Å²) in [6.45, 7) is 1.71. The van der Waals surface area contributed by atoms with Gasteiger partial charge < -0.3 is 9.84 Å². The molecule has 0 spiro atoms. The first-order valence-corrected chi connectivity index (χ1v) is 7.85. The Bertz CT molecular complexity index is 977. The van der Waals surface area contributed by atoms with E-state index in [1.54, 1.807) is 56.5 Å². The molecule has 1 aromatic heterocycles. The lowest BCUT2D eigenvalue weighted by molar-refractivity contribution is -0.137. The Hall–Kier alpha value is -3.15. The Balaban J connectivity index is 2.20. The second-order valence-corrected chi connectivity index (χ2v) is 5.74. The van der Waals surface area contributed by atoms with Crippen molar-refractivity contribution in [2.45, 2.75) is 19.4 Å². The summed E-state index contributed by atoms with van der Waals surface area (Å²) in [5.41, 5.74) is 1.07. The monoisotopic (exact) mass is 338 g/mol. The van der Waals surface area contributed by atoms with Gasteiger partial charge >= 0.3 is 5.97 Å². The van der Waals surface area contributed by atoms with Gasteiger partial charge in [0.1, 0.15) is 11.6 Å². The van der Waals surface area contributed by atoms with E-state index in [9.17, 15) is 14.7 Å². The van der Waals surface area contributed by atoms with Crippen LogP contribution in [0, 0.1) is 6.92 Å². The van der Waals surface area contributed by atoms with Crippen LogP contribution in [0.1, 0.15) is 23.9 Å². The zero-order valence-electron chi connectivity index (χ0n) is 14.0. The second-order valence-electron chi connectivity index (χ2n) is 5.74. The predicted octanol–water partition coefficient (Wildman–Crippen LogP) is 2.78. The van der Waals surface area contributed by atoms with E-state index in [1.807, 2.05) is 6.07 Å². The van der Waals surface area contributed by atoms with Crippen molar-refractivity contribution in [3.05, 3.63) is 70.3 Å². The van der Waals surface area contributed by atoms with Crippen LogP contribution in [0.2, 0.25) is 0 Å². The Labute approximate surface area is 144 Å². The molecule has 6 heteroatoms. The average Bonchev–Trinajstić information content (AvgIpc) is 2.60. The number of fused-ring (bicyclic) bond motifs is 1. The van der Waals surface area contributed by atoms with Gasteiger partial charge in [0.25, 0.3) is 5.56 Å². The maximum absolute atomic E-state index is 13.0. The summed E-state index contributed by atoms with van der Waals surface area (Å²) in [6, 6.07) is 13.5. The number of carboxylic acids is 1. The molecule has 0 saturated carbocycles. The minimum absolute atomic E-state index is 0.215. The van der Waals surface area contributed by atoms with Crippen LogP contribution in [0.5, 0.6) is 5.75 Å². The Morgan fingerprint density at radius 3 is 2.52 bits per heavy atom. The lowest BCUT2D eigenvalue weighted by atomic mass is 10.0. The van der Waals surface area contributed by atoms with Crippen molar-refractivity contribution in [2.75, 3.05) is 7.11 Å². The summed E-state index contributed by atoms with van der Waals surface area (Å²) in [4.78, 5) is 28.8. The Kier molecular flexibility index (Phi) is 4.52. The van der Waals surface area contributed by atoms with Crippen LogP contribution in [0.25, 0.3) is 10.9 Å². The summed E-state index contributed by atoms with van der Waals surface area (Å²) < 4.78 is 6.60. The fraction of sp³-hybridized carbons (Fsp3) is 0.211. The second kappa shape index (κ2) is 6.76. The maximum atomic E-state index is 13.0. The fourth-order valence-corrected chi connectivity index (χ4v) is 2.97. The van der Waals surface area contributed by atoms with E-state index in [4.69, 9.17) is 4.74 Å². The summed E-state index contributed by atoms with van der Waals surface area (Å²) in [5, 5.41) is 9.81. The van der Waals surface area contributed by atoms with E-state index in [0.717, 1.165) is 0 Å². The van der Waals surface area contributed by atoms with Gasteiger partial charge in [0, 0.05) is 0 Å². The number of methoxy groups -OCH3 is 1. The van der Waals surface area contributed by atoms with E-state index in [-0.39, 0.29) is 12.0 Å². The highest BCUT2D eigenvalue weighted by molar-refractivity contribution is 5.77.